The molecule has 0 unspecified atom stereocenters. The molecule has 1 aromatic heterocycles. The minimum atomic E-state index is 0.481. The fraction of sp³-hybridized carbons (Fsp3) is 0.706. The van der Waals surface area contributed by atoms with Gasteiger partial charge in [-0.1, -0.05) is 26.3 Å². The first-order chi connectivity index (χ1) is 9.76. The molecule has 1 aliphatic heterocycles. The summed E-state index contributed by atoms with van der Waals surface area (Å²) < 4.78 is 0. The Morgan fingerprint density at radius 1 is 1.45 bits per heavy atom. The van der Waals surface area contributed by atoms with Crippen molar-refractivity contribution in [1.82, 2.24) is 9.88 Å². The maximum absolute atomic E-state index is 4.59. The summed E-state index contributed by atoms with van der Waals surface area (Å²) in [6, 6.07) is 5.37. The monoisotopic (exact) mass is 275 g/mol. The third-order valence-corrected chi connectivity index (χ3v) is 4.36. The Labute approximate surface area is 123 Å². The first kappa shape index (κ1) is 15.3. The molecule has 1 saturated heterocycles. The summed E-state index contributed by atoms with van der Waals surface area (Å²) >= 11 is 0. The molecule has 1 aliphatic rings. The maximum Gasteiger partial charge on any atom is 0.130 e. The van der Waals surface area contributed by atoms with E-state index in [-0.39, 0.29) is 0 Å². The second-order valence-electron chi connectivity index (χ2n) is 5.94. The normalized spacial score (nSPS) is 21.1. The van der Waals surface area contributed by atoms with Crippen molar-refractivity contribution in [3.63, 3.8) is 0 Å². The van der Waals surface area contributed by atoms with Gasteiger partial charge in [0.05, 0.1) is 0 Å². The molecule has 0 aromatic carbocycles. The molecule has 0 radical (unpaired) electrons. The summed E-state index contributed by atoms with van der Waals surface area (Å²) in [5, 5.41) is 3.58. The topological polar surface area (TPSA) is 28.2 Å². The third-order valence-electron chi connectivity index (χ3n) is 4.36. The zero-order chi connectivity index (χ0) is 14.4. The van der Waals surface area contributed by atoms with Crippen LogP contribution in [0.5, 0.6) is 0 Å². The zero-order valence-corrected chi connectivity index (χ0v) is 13.2. The van der Waals surface area contributed by atoms with E-state index in [1.54, 1.807) is 0 Å². The van der Waals surface area contributed by atoms with Crippen LogP contribution in [0.4, 0.5) is 5.82 Å². The molecule has 3 nitrogen and oxygen atoms in total. The van der Waals surface area contributed by atoms with Gasteiger partial charge in [0.2, 0.25) is 0 Å². The summed E-state index contributed by atoms with van der Waals surface area (Å²) in [7, 11) is 0. The van der Waals surface area contributed by atoms with Crippen LogP contribution in [0.15, 0.2) is 18.3 Å². The van der Waals surface area contributed by atoms with Crippen molar-refractivity contribution in [2.45, 2.75) is 65.0 Å². The van der Waals surface area contributed by atoms with Gasteiger partial charge in [-0.05, 0) is 51.8 Å². The van der Waals surface area contributed by atoms with Crippen LogP contribution < -0.4 is 5.32 Å². The largest absolute Gasteiger partial charge is 0.367 e. The number of hydrogen-bond acceptors (Lipinski definition) is 3. The predicted molar refractivity (Wildman–Crippen MR) is 86.1 cm³/mol. The molecule has 20 heavy (non-hydrogen) atoms. The van der Waals surface area contributed by atoms with E-state index in [1.807, 2.05) is 6.20 Å². The van der Waals surface area contributed by atoms with Crippen LogP contribution in [0.3, 0.4) is 0 Å². The van der Waals surface area contributed by atoms with Crippen LogP contribution in [-0.4, -0.2) is 29.0 Å². The van der Waals surface area contributed by atoms with Crippen LogP contribution >= 0.6 is 0 Å². The molecular formula is C17H29N3. The van der Waals surface area contributed by atoms with E-state index in [9.17, 15) is 0 Å². The van der Waals surface area contributed by atoms with E-state index in [4.69, 9.17) is 0 Å². The predicted octanol–water partition coefficient (Wildman–Crippen LogP) is 4.23. The fourth-order valence-corrected chi connectivity index (χ4v) is 2.95. The van der Waals surface area contributed by atoms with Crippen molar-refractivity contribution in [2.24, 2.45) is 0 Å². The second-order valence-corrected chi connectivity index (χ2v) is 5.94. The number of rotatable bonds is 7. The Morgan fingerprint density at radius 2 is 2.30 bits per heavy atom. The minimum Gasteiger partial charge on any atom is -0.367 e. The molecule has 1 aromatic rings. The Kier molecular flexibility index (Phi) is 5.84. The first-order valence-electron chi connectivity index (χ1n) is 8.21. The summed E-state index contributed by atoms with van der Waals surface area (Å²) in [6.45, 7) is 9.16. The highest BCUT2D eigenvalue weighted by molar-refractivity contribution is 5.46. The summed E-state index contributed by atoms with van der Waals surface area (Å²) in [6.07, 6.45) is 8.18. The molecule has 0 spiro atoms. The minimum absolute atomic E-state index is 0.481. The van der Waals surface area contributed by atoms with E-state index >= 15 is 0 Å². The summed E-state index contributed by atoms with van der Waals surface area (Å²) in [5.74, 6) is 1.09. The number of hydrogen-bond donors (Lipinski definition) is 1. The molecule has 2 heterocycles. The molecule has 2 rings (SSSR count). The van der Waals surface area contributed by atoms with Crippen LogP contribution in [0.1, 0.15) is 64.5 Å². The summed E-state index contributed by atoms with van der Waals surface area (Å²) in [5.41, 5.74) is 1.39. The van der Waals surface area contributed by atoms with Gasteiger partial charge in [-0.25, -0.2) is 4.98 Å². The van der Waals surface area contributed by atoms with E-state index < -0.39 is 0 Å². The number of unbranched alkanes of at least 4 members (excludes halogenated alkanes) is 1. The van der Waals surface area contributed by atoms with Crippen LogP contribution in [0, 0.1) is 0 Å². The van der Waals surface area contributed by atoms with Gasteiger partial charge in [-0.3, -0.25) is 4.90 Å². The van der Waals surface area contributed by atoms with Crippen molar-refractivity contribution in [2.75, 3.05) is 18.4 Å². The molecule has 112 valence electrons. The van der Waals surface area contributed by atoms with E-state index in [1.165, 1.54) is 44.3 Å². The smallest absolute Gasteiger partial charge is 0.130 e. The highest BCUT2D eigenvalue weighted by Gasteiger charge is 2.27. The molecular weight excluding hydrogens is 246 g/mol. The molecule has 1 N–H and O–H groups in total. The highest BCUT2D eigenvalue weighted by atomic mass is 15.2. The lowest BCUT2D eigenvalue weighted by Gasteiger charge is -2.27. The molecule has 0 saturated carbocycles. The number of likely N-dealkylation sites (tertiary alicyclic amines) is 1. The van der Waals surface area contributed by atoms with Gasteiger partial charge < -0.3 is 5.32 Å². The van der Waals surface area contributed by atoms with E-state index in [0.29, 0.717) is 12.1 Å². The van der Waals surface area contributed by atoms with Crippen LogP contribution in [0.2, 0.25) is 0 Å². The molecule has 3 heteroatoms. The average Bonchev–Trinajstić information content (AvgIpc) is 2.93. The quantitative estimate of drug-likeness (QED) is 0.807. The fourth-order valence-electron chi connectivity index (χ4n) is 2.95. The Bertz CT molecular complexity index is 405. The van der Waals surface area contributed by atoms with Gasteiger partial charge in [0, 0.05) is 23.8 Å². The SMILES string of the molecule is CCCCN1CCC[C@H]1c1cccnc1N[C@H](C)CC. The number of nitrogens with zero attached hydrogens (tertiary/aromatic N) is 2. The molecule has 0 bridgehead atoms. The van der Waals surface area contributed by atoms with Gasteiger partial charge in [0.15, 0.2) is 0 Å². The van der Waals surface area contributed by atoms with Gasteiger partial charge in [0.1, 0.15) is 5.82 Å². The average molecular weight is 275 g/mol. The van der Waals surface area contributed by atoms with E-state index in [2.05, 4.69) is 48.1 Å². The molecule has 1 fully saturated rings. The highest BCUT2D eigenvalue weighted by Crippen LogP contribution is 2.35. The van der Waals surface area contributed by atoms with Crippen LogP contribution in [0.25, 0.3) is 0 Å². The van der Waals surface area contributed by atoms with Gasteiger partial charge in [-0.2, -0.15) is 0 Å². The second kappa shape index (κ2) is 7.63. The van der Waals surface area contributed by atoms with Crippen molar-refractivity contribution in [1.29, 1.82) is 0 Å². The van der Waals surface area contributed by atoms with Crippen molar-refractivity contribution >= 4 is 5.82 Å². The van der Waals surface area contributed by atoms with Gasteiger partial charge in [-0.15, -0.1) is 0 Å². The maximum atomic E-state index is 4.59. The lowest BCUT2D eigenvalue weighted by molar-refractivity contribution is 0.253. The lowest BCUT2D eigenvalue weighted by atomic mass is 10.0. The molecule has 0 aliphatic carbocycles. The first-order valence-corrected chi connectivity index (χ1v) is 8.21. The number of aromatic nitrogens is 1. The lowest BCUT2D eigenvalue weighted by Crippen LogP contribution is -2.26. The van der Waals surface area contributed by atoms with E-state index in [0.717, 1.165) is 12.2 Å². The number of anilines is 1. The van der Waals surface area contributed by atoms with Gasteiger partial charge >= 0.3 is 0 Å². The van der Waals surface area contributed by atoms with Gasteiger partial charge in [0.25, 0.3) is 0 Å². The van der Waals surface area contributed by atoms with Crippen molar-refractivity contribution in [3.8, 4) is 0 Å². The van der Waals surface area contributed by atoms with Crippen molar-refractivity contribution in [3.05, 3.63) is 23.9 Å². The third kappa shape index (κ3) is 3.72. The summed E-state index contributed by atoms with van der Waals surface area (Å²) in [4.78, 5) is 7.23. The Hall–Kier alpha value is -1.09. The zero-order valence-electron chi connectivity index (χ0n) is 13.2. The standard InChI is InChI=1S/C17H29N3/c1-4-6-12-20-13-8-10-16(20)15-9-7-11-18-17(15)19-14(3)5-2/h7,9,11,14,16H,4-6,8,10,12-13H2,1-3H3,(H,18,19)/t14-,16+/m1/s1. The molecule has 0 amide bonds. The van der Waals surface area contributed by atoms with Crippen LogP contribution in [-0.2, 0) is 0 Å². The van der Waals surface area contributed by atoms with Crippen molar-refractivity contribution < 1.29 is 0 Å². The number of pyridine rings is 1. The number of nitrogens with one attached hydrogen (secondary N) is 1. The Morgan fingerprint density at radius 3 is 3.05 bits per heavy atom. The molecule has 2 atom stereocenters. The Balaban J connectivity index is 2.14.